The molecular formula is C18H31N3O3. The monoisotopic (exact) mass is 337 g/mol. The van der Waals surface area contributed by atoms with Gasteiger partial charge in [-0.1, -0.05) is 26.7 Å². The van der Waals surface area contributed by atoms with Crippen molar-refractivity contribution in [3.63, 3.8) is 0 Å². The summed E-state index contributed by atoms with van der Waals surface area (Å²) in [6.07, 6.45) is 7.23. The van der Waals surface area contributed by atoms with Crippen LogP contribution in [0.2, 0.25) is 0 Å². The van der Waals surface area contributed by atoms with Crippen molar-refractivity contribution in [1.29, 1.82) is 0 Å². The van der Waals surface area contributed by atoms with Crippen LogP contribution in [0.15, 0.2) is 0 Å². The molecule has 136 valence electrons. The van der Waals surface area contributed by atoms with Crippen molar-refractivity contribution in [2.24, 2.45) is 5.41 Å². The Morgan fingerprint density at radius 1 is 1.17 bits per heavy atom. The van der Waals surface area contributed by atoms with Gasteiger partial charge in [0.1, 0.15) is 0 Å². The van der Waals surface area contributed by atoms with Gasteiger partial charge in [0, 0.05) is 38.5 Å². The minimum atomic E-state index is -0.741. The number of rotatable bonds is 7. The van der Waals surface area contributed by atoms with E-state index >= 15 is 0 Å². The van der Waals surface area contributed by atoms with Crippen molar-refractivity contribution in [2.75, 3.05) is 19.6 Å². The molecule has 1 aliphatic carbocycles. The maximum Gasteiger partial charge on any atom is 0.226 e. The third-order valence-electron chi connectivity index (χ3n) is 5.03. The number of carbonyl (C=O) groups excluding carboxylic acids is 3. The van der Waals surface area contributed by atoms with Gasteiger partial charge in [-0.2, -0.15) is 0 Å². The van der Waals surface area contributed by atoms with Crippen LogP contribution in [-0.4, -0.2) is 48.3 Å². The number of amides is 3. The molecule has 2 rings (SSSR count). The highest BCUT2D eigenvalue weighted by molar-refractivity contribution is 5.88. The van der Waals surface area contributed by atoms with Gasteiger partial charge in [-0.15, -0.1) is 0 Å². The Morgan fingerprint density at radius 3 is 2.54 bits per heavy atom. The molecule has 0 bridgehead atoms. The summed E-state index contributed by atoms with van der Waals surface area (Å²) in [5, 5.41) is 5.91. The van der Waals surface area contributed by atoms with E-state index in [0.717, 1.165) is 32.2 Å². The van der Waals surface area contributed by atoms with Crippen LogP contribution in [0.3, 0.4) is 0 Å². The Bertz CT molecular complexity index is 470. The Hall–Kier alpha value is -1.59. The molecule has 6 nitrogen and oxygen atoms in total. The number of hydrogen-bond donors (Lipinski definition) is 2. The topological polar surface area (TPSA) is 78.5 Å². The summed E-state index contributed by atoms with van der Waals surface area (Å²) in [6, 6.07) is 0.279. The Kier molecular flexibility index (Phi) is 6.63. The van der Waals surface area contributed by atoms with Gasteiger partial charge in [-0.3, -0.25) is 14.4 Å². The lowest BCUT2D eigenvalue weighted by atomic mass is 9.87. The molecule has 3 amide bonds. The Morgan fingerprint density at radius 2 is 1.88 bits per heavy atom. The van der Waals surface area contributed by atoms with E-state index in [0.29, 0.717) is 19.5 Å². The third-order valence-corrected chi connectivity index (χ3v) is 5.03. The molecule has 6 heteroatoms. The first-order valence-electron chi connectivity index (χ1n) is 9.24. The molecule has 0 aromatic rings. The van der Waals surface area contributed by atoms with Crippen molar-refractivity contribution in [2.45, 2.75) is 71.3 Å². The fourth-order valence-corrected chi connectivity index (χ4v) is 3.47. The Labute approximate surface area is 144 Å². The Balaban J connectivity index is 1.70. The summed E-state index contributed by atoms with van der Waals surface area (Å²) in [6.45, 7) is 5.36. The van der Waals surface area contributed by atoms with Gasteiger partial charge >= 0.3 is 0 Å². The first-order chi connectivity index (χ1) is 11.4. The SMILES string of the molecule is CC(C)(CC(=O)NC1CCCC1)C(=O)NCCN1CCCCC1=O. The number of nitrogens with one attached hydrogen (secondary N) is 2. The van der Waals surface area contributed by atoms with Gasteiger partial charge in [0.2, 0.25) is 17.7 Å². The van der Waals surface area contributed by atoms with Gasteiger partial charge in [-0.25, -0.2) is 0 Å². The van der Waals surface area contributed by atoms with Crippen LogP contribution < -0.4 is 10.6 Å². The molecule has 0 atom stereocenters. The van der Waals surface area contributed by atoms with Gasteiger partial charge in [0.15, 0.2) is 0 Å². The predicted octanol–water partition coefficient (Wildman–Crippen LogP) is 1.59. The lowest BCUT2D eigenvalue weighted by molar-refractivity contribution is -0.136. The molecule has 0 aromatic heterocycles. The van der Waals surface area contributed by atoms with Crippen molar-refractivity contribution < 1.29 is 14.4 Å². The fourth-order valence-electron chi connectivity index (χ4n) is 3.47. The first-order valence-corrected chi connectivity index (χ1v) is 9.24. The average molecular weight is 337 g/mol. The van der Waals surface area contributed by atoms with Crippen molar-refractivity contribution in [3.05, 3.63) is 0 Å². The van der Waals surface area contributed by atoms with E-state index in [-0.39, 0.29) is 30.2 Å². The van der Waals surface area contributed by atoms with Crippen LogP contribution >= 0.6 is 0 Å². The van der Waals surface area contributed by atoms with E-state index in [1.165, 1.54) is 12.8 Å². The quantitative estimate of drug-likeness (QED) is 0.740. The van der Waals surface area contributed by atoms with Crippen LogP contribution in [0.4, 0.5) is 0 Å². The summed E-state index contributed by atoms with van der Waals surface area (Å²) in [4.78, 5) is 38.1. The van der Waals surface area contributed by atoms with E-state index in [1.807, 2.05) is 4.90 Å². The molecule has 24 heavy (non-hydrogen) atoms. The zero-order valence-corrected chi connectivity index (χ0v) is 15.0. The van der Waals surface area contributed by atoms with Crippen molar-refractivity contribution >= 4 is 17.7 Å². The van der Waals surface area contributed by atoms with Crippen LogP contribution in [0.25, 0.3) is 0 Å². The second-order valence-electron chi connectivity index (χ2n) is 7.70. The van der Waals surface area contributed by atoms with E-state index in [2.05, 4.69) is 10.6 Å². The maximum absolute atomic E-state index is 12.4. The van der Waals surface area contributed by atoms with E-state index in [4.69, 9.17) is 0 Å². The maximum atomic E-state index is 12.4. The van der Waals surface area contributed by atoms with Crippen molar-refractivity contribution in [3.8, 4) is 0 Å². The van der Waals surface area contributed by atoms with Crippen LogP contribution in [0.1, 0.15) is 65.2 Å². The third kappa shape index (κ3) is 5.49. The normalized spacial score (nSPS) is 19.4. The smallest absolute Gasteiger partial charge is 0.226 e. The molecule has 0 aromatic carbocycles. The second kappa shape index (κ2) is 8.49. The van der Waals surface area contributed by atoms with E-state index in [1.54, 1.807) is 13.8 Å². The molecule has 1 saturated carbocycles. The number of hydrogen-bond acceptors (Lipinski definition) is 3. The number of likely N-dealkylation sites (tertiary alicyclic amines) is 1. The molecule has 0 unspecified atom stereocenters. The van der Waals surface area contributed by atoms with Crippen LogP contribution in [0.5, 0.6) is 0 Å². The lowest BCUT2D eigenvalue weighted by Crippen LogP contribution is -2.45. The zero-order valence-electron chi connectivity index (χ0n) is 15.0. The van der Waals surface area contributed by atoms with Gasteiger partial charge in [-0.05, 0) is 25.7 Å². The molecule has 1 heterocycles. The molecule has 2 N–H and O–H groups in total. The van der Waals surface area contributed by atoms with Gasteiger partial charge in [0.25, 0.3) is 0 Å². The highest BCUT2D eigenvalue weighted by Gasteiger charge is 2.31. The molecule has 2 aliphatic rings. The molecule has 1 aliphatic heterocycles. The van der Waals surface area contributed by atoms with Gasteiger partial charge in [0.05, 0.1) is 5.41 Å². The van der Waals surface area contributed by atoms with E-state index < -0.39 is 5.41 Å². The predicted molar refractivity (Wildman–Crippen MR) is 92.2 cm³/mol. The van der Waals surface area contributed by atoms with Crippen molar-refractivity contribution in [1.82, 2.24) is 15.5 Å². The summed E-state index contributed by atoms with van der Waals surface area (Å²) >= 11 is 0. The fraction of sp³-hybridized carbons (Fsp3) is 0.833. The van der Waals surface area contributed by atoms with Crippen LogP contribution in [0, 0.1) is 5.41 Å². The second-order valence-corrected chi connectivity index (χ2v) is 7.70. The average Bonchev–Trinajstić information content (AvgIpc) is 3.01. The van der Waals surface area contributed by atoms with E-state index in [9.17, 15) is 14.4 Å². The minimum absolute atomic E-state index is 0.0479. The molecule has 2 fully saturated rings. The van der Waals surface area contributed by atoms with Gasteiger partial charge < -0.3 is 15.5 Å². The molecular weight excluding hydrogens is 306 g/mol. The molecule has 0 spiro atoms. The summed E-state index contributed by atoms with van der Waals surface area (Å²) < 4.78 is 0. The van der Waals surface area contributed by atoms with Crippen LogP contribution in [-0.2, 0) is 14.4 Å². The summed E-state index contributed by atoms with van der Waals surface area (Å²) in [5.74, 6) is -0.00695. The largest absolute Gasteiger partial charge is 0.354 e. The highest BCUT2D eigenvalue weighted by atomic mass is 16.2. The number of nitrogens with zero attached hydrogens (tertiary/aromatic N) is 1. The minimum Gasteiger partial charge on any atom is -0.354 e. The molecule has 1 saturated heterocycles. The molecule has 0 radical (unpaired) electrons. The summed E-state index contributed by atoms with van der Waals surface area (Å²) in [5.41, 5.74) is -0.741. The highest BCUT2D eigenvalue weighted by Crippen LogP contribution is 2.22. The summed E-state index contributed by atoms with van der Waals surface area (Å²) in [7, 11) is 0. The first kappa shape index (κ1) is 18.7. The lowest BCUT2D eigenvalue weighted by Gasteiger charge is -2.28. The number of piperidine rings is 1. The zero-order chi connectivity index (χ0) is 17.6. The standard InChI is InChI=1S/C18H31N3O3/c1-18(2,13-15(22)20-14-7-3-4-8-14)17(24)19-10-12-21-11-6-5-9-16(21)23/h14H,3-13H2,1-2H3,(H,19,24)(H,20,22). The number of carbonyl (C=O) groups is 3.